The Balaban J connectivity index is 1.72. The van der Waals surface area contributed by atoms with Crippen LogP contribution in [0, 0.1) is 11.7 Å². The van der Waals surface area contributed by atoms with Gasteiger partial charge in [-0.25, -0.2) is 4.39 Å². The summed E-state index contributed by atoms with van der Waals surface area (Å²) in [5.74, 6) is -1.51. The van der Waals surface area contributed by atoms with E-state index in [1.807, 2.05) is 44.2 Å². The predicted octanol–water partition coefficient (Wildman–Crippen LogP) is 3.18. The van der Waals surface area contributed by atoms with Gasteiger partial charge in [0.05, 0.1) is 18.7 Å². The number of ether oxygens (including phenoxy) is 1. The molecule has 0 aromatic heterocycles. The molecule has 6 heteroatoms. The number of carbonyl (C=O) groups is 2. The van der Waals surface area contributed by atoms with Gasteiger partial charge < -0.3 is 15.0 Å². The molecule has 1 N–H and O–H groups in total. The van der Waals surface area contributed by atoms with Gasteiger partial charge in [0.15, 0.2) is 0 Å². The molecule has 2 unspecified atom stereocenters. The Morgan fingerprint density at radius 3 is 2.46 bits per heavy atom. The minimum atomic E-state index is -0.735. The van der Waals surface area contributed by atoms with Crippen molar-refractivity contribution in [3.05, 3.63) is 71.5 Å². The highest BCUT2D eigenvalue weighted by molar-refractivity contribution is 5.97. The molecular formula is C22H25FN2O3. The van der Waals surface area contributed by atoms with Gasteiger partial charge in [-0.3, -0.25) is 9.59 Å². The van der Waals surface area contributed by atoms with Crippen LogP contribution in [0.4, 0.5) is 4.39 Å². The van der Waals surface area contributed by atoms with Crippen molar-refractivity contribution in [1.82, 2.24) is 10.2 Å². The smallest absolute Gasteiger partial charge is 0.254 e. The molecule has 0 spiro atoms. The molecule has 0 aliphatic carbocycles. The maximum Gasteiger partial charge on any atom is 0.254 e. The molecule has 0 radical (unpaired) electrons. The van der Waals surface area contributed by atoms with Crippen LogP contribution in [0.25, 0.3) is 0 Å². The minimum Gasteiger partial charge on any atom is -0.370 e. The van der Waals surface area contributed by atoms with Crippen LogP contribution in [0.5, 0.6) is 0 Å². The molecule has 0 saturated carbocycles. The van der Waals surface area contributed by atoms with Crippen molar-refractivity contribution in [2.45, 2.75) is 26.0 Å². The Labute approximate surface area is 164 Å². The normalized spacial score (nSPS) is 18.0. The summed E-state index contributed by atoms with van der Waals surface area (Å²) < 4.78 is 19.7. The quantitative estimate of drug-likeness (QED) is 0.861. The molecule has 0 bridgehead atoms. The van der Waals surface area contributed by atoms with Gasteiger partial charge in [-0.1, -0.05) is 56.3 Å². The van der Waals surface area contributed by atoms with Crippen molar-refractivity contribution in [3.63, 3.8) is 0 Å². The van der Waals surface area contributed by atoms with E-state index >= 15 is 0 Å². The Morgan fingerprint density at radius 1 is 1.11 bits per heavy atom. The number of carbonyl (C=O) groups excluding carboxylic acids is 2. The highest BCUT2D eigenvalue weighted by Crippen LogP contribution is 2.23. The second-order valence-electron chi connectivity index (χ2n) is 7.23. The highest BCUT2D eigenvalue weighted by atomic mass is 19.1. The lowest BCUT2D eigenvalue weighted by molar-refractivity contribution is -0.142. The summed E-state index contributed by atoms with van der Waals surface area (Å²) in [6.45, 7) is 5.03. The fourth-order valence-electron chi connectivity index (χ4n) is 3.29. The van der Waals surface area contributed by atoms with Crippen LogP contribution < -0.4 is 5.32 Å². The van der Waals surface area contributed by atoms with E-state index in [0.29, 0.717) is 19.7 Å². The van der Waals surface area contributed by atoms with Crippen LogP contribution in [-0.2, 0) is 9.53 Å². The number of nitrogens with one attached hydrogen (secondary N) is 1. The first-order valence-corrected chi connectivity index (χ1v) is 9.48. The fourth-order valence-corrected chi connectivity index (χ4v) is 3.29. The van der Waals surface area contributed by atoms with Crippen LogP contribution in [0.3, 0.4) is 0 Å². The molecule has 148 valence electrons. The number of hydrogen-bond acceptors (Lipinski definition) is 3. The van der Waals surface area contributed by atoms with E-state index < -0.39 is 17.8 Å². The van der Waals surface area contributed by atoms with Crippen molar-refractivity contribution >= 4 is 11.8 Å². The molecule has 1 aliphatic heterocycles. The van der Waals surface area contributed by atoms with Crippen molar-refractivity contribution in [2.24, 2.45) is 5.92 Å². The SMILES string of the molecule is CC(C)C(NC(=O)c1ccccc1F)C(=O)N1CCOC(c2ccccc2)C1. The maximum absolute atomic E-state index is 13.9. The van der Waals surface area contributed by atoms with E-state index in [0.717, 1.165) is 5.56 Å². The van der Waals surface area contributed by atoms with E-state index in [1.165, 1.54) is 18.2 Å². The van der Waals surface area contributed by atoms with Gasteiger partial charge in [0.25, 0.3) is 5.91 Å². The molecule has 1 saturated heterocycles. The molecule has 28 heavy (non-hydrogen) atoms. The van der Waals surface area contributed by atoms with Gasteiger partial charge in [-0.15, -0.1) is 0 Å². The van der Waals surface area contributed by atoms with Gasteiger partial charge in [-0.05, 0) is 23.6 Å². The number of benzene rings is 2. The number of halogens is 1. The Morgan fingerprint density at radius 2 is 1.79 bits per heavy atom. The zero-order chi connectivity index (χ0) is 20.1. The summed E-state index contributed by atoms with van der Waals surface area (Å²) in [4.78, 5) is 27.4. The van der Waals surface area contributed by atoms with Gasteiger partial charge in [-0.2, -0.15) is 0 Å². The number of rotatable bonds is 5. The Kier molecular flexibility index (Phi) is 6.41. The lowest BCUT2D eigenvalue weighted by Gasteiger charge is -2.36. The van der Waals surface area contributed by atoms with Crippen molar-refractivity contribution in [2.75, 3.05) is 19.7 Å². The molecular weight excluding hydrogens is 359 g/mol. The van der Waals surface area contributed by atoms with Crippen LogP contribution in [-0.4, -0.2) is 42.5 Å². The number of morpholine rings is 1. The lowest BCUT2D eigenvalue weighted by atomic mass is 10.0. The van der Waals surface area contributed by atoms with Crippen LogP contribution in [0.2, 0.25) is 0 Å². The van der Waals surface area contributed by atoms with E-state index in [2.05, 4.69) is 5.32 Å². The van der Waals surface area contributed by atoms with E-state index in [9.17, 15) is 14.0 Å². The molecule has 5 nitrogen and oxygen atoms in total. The number of hydrogen-bond donors (Lipinski definition) is 1. The third kappa shape index (κ3) is 4.57. The number of nitrogens with zero attached hydrogens (tertiary/aromatic N) is 1. The summed E-state index contributed by atoms with van der Waals surface area (Å²) in [5, 5.41) is 2.71. The molecule has 1 heterocycles. The van der Waals surface area contributed by atoms with Crippen LogP contribution in [0.15, 0.2) is 54.6 Å². The zero-order valence-electron chi connectivity index (χ0n) is 16.1. The average Bonchev–Trinajstić information content (AvgIpc) is 2.72. The molecule has 1 aliphatic rings. The average molecular weight is 384 g/mol. The molecule has 1 fully saturated rings. The number of amides is 2. The predicted molar refractivity (Wildman–Crippen MR) is 104 cm³/mol. The largest absolute Gasteiger partial charge is 0.370 e. The van der Waals surface area contributed by atoms with Gasteiger partial charge >= 0.3 is 0 Å². The van der Waals surface area contributed by atoms with Crippen molar-refractivity contribution in [3.8, 4) is 0 Å². The van der Waals surface area contributed by atoms with Gasteiger partial charge in [0, 0.05) is 6.54 Å². The topological polar surface area (TPSA) is 58.6 Å². The van der Waals surface area contributed by atoms with E-state index in [1.54, 1.807) is 11.0 Å². The van der Waals surface area contributed by atoms with Gasteiger partial charge in [0.2, 0.25) is 5.91 Å². The Hall–Kier alpha value is -2.73. The zero-order valence-corrected chi connectivity index (χ0v) is 16.1. The van der Waals surface area contributed by atoms with E-state index in [4.69, 9.17) is 4.74 Å². The standard InChI is InChI=1S/C22H25FN2O3/c1-15(2)20(24-21(26)17-10-6-7-11-18(17)23)22(27)25-12-13-28-19(14-25)16-8-4-3-5-9-16/h3-11,15,19-20H,12-14H2,1-2H3,(H,24,26). The first-order valence-electron chi connectivity index (χ1n) is 9.48. The molecule has 2 atom stereocenters. The third-order valence-corrected chi connectivity index (χ3v) is 4.89. The highest BCUT2D eigenvalue weighted by Gasteiger charge is 2.33. The first kappa shape index (κ1) is 20.0. The second kappa shape index (κ2) is 8.97. The minimum absolute atomic E-state index is 0.0647. The fraction of sp³-hybridized carbons (Fsp3) is 0.364. The summed E-state index contributed by atoms with van der Waals surface area (Å²) in [7, 11) is 0. The molecule has 2 aromatic rings. The molecule has 3 rings (SSSR count). The third-order valence-electron chi connectivity index (χ3n) is 4.89. The molecule has 2 amide bonds. The first-order chi connectivity index (χ1) is 13.5. The molecule has 2 aromatic carbocycles. The monoisotopic (exact) mass is 384 g/mol. The second-order valence-corrected chi connectivity index (χ2v) is 7.23. The van der Waals surface area contributed by atoms with E-state index in [-0.39, 0.29) is 23.5 Å². The maximum atomic E-state index is 13.9. The van der Waals surface area contributed by atoms with Crippen LogP contribution >= 0.6 is 0 Å². The van der Waals surface area contributed by atoms with Crippen molar-refractivity contribution < 1.29 is 18.7 Å². The summed E-state index contributed by atoms with van der Waals surface area (Å²) in [6.07, 6.45) is -0.200. The van der Waals surface area contributed by atoms with Crippen molar-refractivity contribution in [1.29, 1.82) is 0 Å². The summed E-state index contributed by atoms with van der Waals surface area (Å²) >= 11 is 0. The Bertz CT molecular complexity index is 826. The lowest BCUT2D eigenvalue weighted by Crippen LogP contribution is -2.54. The summed E-state index contributed by atoms with van der Waals surface area (Å²) in [6, 6.07) is 14.8. The summed E-state index contributed by atoms with van der Waals surface area (Å²) in [5.41, 5.74) is 0.946. The van der Waals surface area contributed by atoms with Crippen LogP contribution in [0.1, 0.15) is 35.9 Å². The van der Waals surface area contributed by atoms with Gasteiger partial charge in [0.1, 0.15) is 18.0 Å².